The molecular formula is C16H19NO2S. The summed E-state index contributed by atoms with van der Waals surface area (Å²) in [5.74, 6) is -0.0148. The maximum Gasteiger partial charge on any atom is 0.252 e. The molecule has 0 saturated carbocycles. The quantitative estimate of drug-likeness (QED) is 0.915. The van der Waals surface area contributed by atoms with E-state index >= 15 is 0 Å². The van der Waals surface area contributed by atoms with Gasteiger partial charge in [-0.1, -0.05) is 24.3 Å². The third-order valence-electron chi connectivity index (χ3n) is 3.14. The number of carbonyl (C=O) groups is 1. The van der Waals surface area contributed by atoms with Crippen LogP contribution in [-0.4, -0.2) is 13.0 Å². The van der Waals surface area contributed by atoms with Crippen molar-refractivity contribution in [2.45, 2.75) is 27.0 Å². The topological polar surface area (TPSA) is 38.3 Å². The summed E-state index contributed by atoms with van der Waals surface area (Å²) >= 11 is 1.65. The van der Waals surface area contributed by atoms with Gasteiger partial charge in [-0.25, -0.2) is 0 Å². The average Bonchev–Trinajstić information content (AvgIpc) is 2.77. The molecule has 1 N–H and O–H groups in total. The molecule has 1 aromatic carbocycles. The molecule has 0 fully saturated rings. The fourth-order valence-corrected chi connectivity index (χ4v) is 3.07. The van der Waals surface area contributed by atoms with Crippen LogP contribution in [0, 0.1) is 13.8 Å². The zero-order chi connectivity index (χ0) is 14.5. The molecule has 1 heterocycles. The molecule has 0 spiro atoms. The molecule has 20 heavy (non-hydrogen) atoms. The molecule has 1 aromatic heterocycles. The van der Waals surface area contributed by atoms with Gasteiger partial charge >= 0.3 is 0 Å². The van der Waals surface area contributed by atoms with Crippen molar-refractivity contribution in [2.75, 3.05) is 7.11 Å². The van der Waals surface area contributed by atoms with Crippen molar-refractivity contribution in [3.63, 3.8) is 0 Å². The van der Waals surface area contributed by atoms with E-state index in [0.29, 0.717) is 13.2 Å². The largest absolute Gasteiger partial charge is 0.380 e. The van der Waals surface area contributed by atoms with Gasteiger partial charge in [-0.05, 0) is 31.0 Å². The fraction of sp³-hybridized carbons (Fsp3) is 0.312. The summed E-state index contributed by atoms with van der Waals surface area (Å²) in [6.45, 7) is 5.07. The monoisotopic (exact) mass is 289 g/mol. The number of nitrogens with one attached hydrogen (secondary N) is 1. The van der Waals surface area contributed by atoms with Gasteiger partial charge in [-0.2, -0.15) is 0 Å². The molecule has 4 heteroatoms. The summed E-state index contributed by atoms with van der Waals surface area (Å²) < 4.78 is 5.17. The van der Waals surface area contributed by atoms with Crippen molar-refractivity contribution in [1.82, 2.24) is 5.32 Å². The van der Waals surface area contributed by atoms with E-state index in [0.717, 1.165) is 26.4 Å². The van der Waals surface area contributed by atoms with Crippen molar-refractivity contribution in [3.05, 3.63) is 56.8 Å². The number of methoxy groups -OCH3 is 1. The highest BCUT2D eigenvalue weighted by Crippen LogP contribution is 2.20. The first-order chi connectivity index (χ1) is 9.61. The Balaban J connectivity index is 2.05. The molecule has 106 valence electrons. The van der Waals surface area contributed by atoms with Gasteiger partial charge in [0.25, 0.3) is 5.91 Å². The minimum Gasteiger partial charge on any atom is -0.380 e. The van der Waals surface area contributed by atoms with E-state index in [-0.39, 0.29) is 5.91 Å². The van der Waals surface area contributed by atoms with Gasteiger partial charge in [0.1, 0.15) is 0 Å². The standard InChI is InChI=1S/C16H19NO2S/c1-11-8-15(12(2)20-11)16(18)17-9-13-6-4-5-7-14(13)10-19-3/h4-8H,9-10H2,1-3H3,(H,17,18). The molecular weight excluding hydrogens is 270 g/mol. The van der Waals surface area contributed by atoms with Crippen LogP contribution in [0.5, 0.6) is 0 Å². The number of hydrogen-bond donors (Lipinski definition) is 1. The molecule has 0 aliphatic rings. The number of amides is 1. The van der Waals surface area contributed by atoms with Gasteiger partial charge in [-0.15, -0.1) is 11.3 Å². The van der Waals surface area contributed by atoms with E-state index in [1.807, 2.05) is 44.2 Å². The molecule has 3 nitrogen and oxygen atoms in total. The number of aryl methyl sites for hydroxylation is 2. The van der Waals surface area contributed by atoms with E-state index in [9.17, 15) is 4.79 Å². The molecule has 0 aliphatic heterocycles. The number of carbonyl (C=O) groups excluding carboxylic acids is 1. The number of thiophene rings is 1. The molecule has 0 radical (unpaired) electrons. The minimum absolute atomic E-state index is 0.0148. The first-order valence-corrected chi connectivity index (χ1v) is 7.34. The van der Waals surface area contributed by atoms with Crippen molar-refractivity contribution in [2.24, 2.45) is 0 Å². The van der Waals surface area contributed by atoms with Gasteiger partial charge < -0.3 is 10.1 Å². The van der Waals surface area contributed by atoms with E-state index in [1.54, 1.807) is 18.4 Å². The SMILES string of the molecule is COCc1ccccc1CNC(=O)c1cc(C)sc1C. The summed E-state index contributed by atoms with van der Waals surface area (Å²) in [5, 5.41) is 2.98. The molecule has 2 aromatic rings. The predicted molar refractivity (Wildman–Crippen MR) is 82.1 cm³/mol. The van der Waals surface area contributed by atoms with Crippen molar-refractivity contribution < 1.29 is 9.53 Å². The van der Waals surface area contributed by atoms with Gasteiger partial charge in [0, 0.05) is 23.4 Å². The van der Waals surface area contributed by atoms with Gasteiger partial charge in [0.2, 0.25) is 0 Å². The molecule has 0 atom stereocenters. The van der Waals surface area contributed by atoms with Gasteiger partial charge in [0.15, 0.2) is 0 Å². The third kappa shape index (κ3) is 3.46. The van der Waals surface area contributed by atoms with Crippen molar-refractivity contribution >= 4 is 17.2 Å². The molecule has 0 unspecified atom stereocenters. The third-order valence-corrected chi connectivity index (χ3v) is 4.11. The molecule has 0 aliphatic carbocycles. The van der Waals surface area contributed by atoms with Crippen LogP contribution in [-0.2, 0) is 17.9 Å². The van der Waals surface area contributed by atoms with Crippen LogP contribution in [0.15, 0.2) is 30.3 Å². The fourth-order valence-electron chi connectivity index (χ4n) is 2.15. The zero-order valence-corrected chi connectivity index (χ0v) is 12.8. The first kappa shape index (κ1) is 14.8. The lowest BCUT2D eigenvalue weighted by Crippen LogP contribution is -2.23. The van der Waals surface area contributed by atoms with E-state index in [2.05, 4.69) is 5.32 Å². The zero-order valence-electron chi connectivity index (χ0n) is 12.0. The Bertz CT molecular complexity index is 604. The van der Waals surface area contributed by atoms with E-state index < -0.39 is 0 Å². The highest BCUT2D eigenvalue weighted by molar-refractivity contribution is 7.12. The lowest BCUT2D eigenvalue weighted by Gasteiger charge is -2.10. The summed E-state index contributed by atoms with van der Waals surface area (Å²) in [7, 11) is 1.67. The minimum atomic E-state index is -0.0148. The van der Waals surface area contributed by atoms with Crippen LogP contribution >= 0.6 is 11.3 Å². The van der Waals surface area contributed by atoms with Crippen LogP contribution < -0.4 is 5.32 Å². The summed E-state index contributed by atoms with van der Waals surface area (Å²) in [4.78, 5) is 14.4. The average molecular weight is 289 g/mol. The predicted octanol–water partition coefficient (Wildman–Crippen LogP) is 3.44. The second-order valence-corrected chi connectivity index (χ2v) is 6.17. The summed E-state index contributed by atoms with van der Waals surface area (Å²) in [5.41, 5.74) is 2.97. The summed E-state index contributed by atoms with van der Waals surface area (Å²) in [6.07, 6.45) is 0. The Kier molecular flexibility index (Phi) is 4.93. The number of rotatable bonds is 5. The maximum atomic E-state index is 12.2. The highest BCUT2D eigenvalue weighted by atomic mass is 32.1. The van der Waals surface area contributed by atoms with E-state index in [4.69, 9.17) is 4.74 Å². The normalized spacial score (nSPS) is 10.6. The molecule has 1 amide bonds. The van der Waals surface area contributed by atoms with Crippen LogP contribution in [0.4, 0.5) is 0 Å². The molecule has 2 rings (SSSR count). The van der Waals surface area contributed by atoms with Crippen LogP contribution in [0.1, 0.15) is 31.2 Å². The smallest absolute Gasteiger partial charge is 0.252 e. The van der Waals surface area contributed by atoms with Gasteiger partial charge in [0.05, 0.1) is 12.2 Å². The van der Waals surface area contributed by atoms with Crippen LogP contribution in [0.3, 0.4) is 0 Å². The Morgan fingerprint density at radius 3 is 2.55 bits per heavy atom. The second kappa shape index (κ2) is 6.68. The van der Waals surface area contributed by atoms with Crippen molar-refractivity contribution in [1.29, 1.82) is 0 Å². The number of benzene rings is 1. The lowest BCUT2D eigenvalue weighted by molar-refractivity contribution is 0.0950. The van der Waals surface area contributed by atoms with E-state index in [1.165, 1.54) is 0 Å². The van der Waals surface area contributed by atoms with Crippen molar-refractivity contribution in [3.8, 4) is 0 Å². The van der Waals surface area contributed by atoms with Crippen LogP contribution in [0.2, 0.25) is 0 Å². The lowest BCUT2D eigenvalue weighted by atomic mass is 10.1. The van der Waals surface area contributed by atoms with Crippen LogP contribution in [0.25, 0.3) is 0 Å². The molecule has 0 saturated heterocycles. The Labute approximate surface area is 123 Å². The number of ether oxygens (including phenoxy) is 1. The Morgan fingerprint density at radius 2 is 1.95 bits per heavy atom. The Hall–Kier alpha value is -1.65. The molecule has 0 bridgehead atoms. The number of hydrogen-bond acceptors (Lipinski definition) is 3. The summed E-state index contributed by atoms with van der Waals surface area (Å²) in [6, 6.07) is 9.93. The highest BCUT2D eigenvalue weighted by Gasteiger charge is 2.12. The maximum absolute atomic E-state index is 12.2. The first-order valence-electron chi connectivity index (χ1n) is 6.52. The Morgan fingerprint density at radius 1 is 1.25 bits per heavy atom. The second-order valence-electron chi connectivity index (χ2n) is 4.71. The van der Waals surface area contributed by atoms with Gasteiger partial charge in [-0.3, -0.25) is 4.79 Å².